The molecule has 0 unspecified atom stereocenters. The van der Waals surface area contributed by atoms with Crippen molar-refractivity contribution in [1.29, 1.82) is 0 Å². The van der Waals surface area contributed by atoms with Crippen molar-refractivity contribution >= 4 is 17.8 Å². The lowest BCUT2D eigenvalue weighted by atomic mass is 10.1. The van der Waals surface area contributed by atoms with Gasteiger partial charge in [0.05, 0.1) is 29.2 Å². The van der Waals surface area contributed by atoms with Crippen molar-refractivity contribution in [3.05, 3.63) is 72.6 Å². The highest BCUT2D eigenvalue weighted by Crippen LogP contribution is 2.33. The smallest absolute Gasteiger partial charge is 0.314 e. The van der Waals surface area contributed by atoms with E-state index in [1.54, 1.807) is 29.4 Å². The molecule has 0 aliphatic heterocycles. The summed E-state index contributed by atoms with van der Waals surface area (Å²) in [7, 11) is 3.81. The van der Waals surface area contributed by atoms with E-state index in [1.807, 2.05) is 49.3 Å². The van der Waals surface area contributed by atoms with Crippen molar-refractivity contribution in [1.82, 2.24) is 20.2 Å². The SMILES string of the molecule is CN(C)c1cc(-c2cccnc2)ccc1N(C=O)Cc1ccc(-c2nnc(C(F)F)o2)cn1. The molecule has 0 fully saturated rings. The summed E-state index contributed by atoms with van der Waals surface area (Å²) in [6.07, 6.45) is 2.85. The minimum atomic E-state index is -2.84. The lowest BCUT2D eigenvalue weighted by molar-refractivity contribution is -0.107. The molecule has 0 spiro atoms. The number of anilines is 2. The Morgan fingerprint density at radius 3 is 2.42 bits per heavy atom. The van der Waals surface area contributed by atoms with Crippen LogP contribution in [0, 0.1) is 0 Å². The third-order valence-electron chi connectivity index (χ3n) is 4.92. The Kier molecular flexibility index (Phi) is 6.34. The fourth-order valence-corrected chi connectivity index (χ4v) is 3.28. The number of benzene rings is 1. The molecule has 0 N–H and O–H groups in total. The number of carbonyl (C=O) groups is 1. The van der Waals surface area contributed by atoms with Gasteiger partial charge in [0.25, 0.3) is 5.89 Å². The molecule has 0 aliphatic rings. The second-order valence-corrected chi connectivity index (χ2v) is 7.36. The molecule has 1 amide bonds. The molecule has 4 aromatic rings. The number of hydrogen-bond donors (Lipinski definition) is 0. The zero-order valence-electron chi connectivity index (χ0n) is 17.9. The molecule has 0 atom stereocenters. The van der Waals surface area contributed by atoms with Crippen molar-refractivity contribution in [2.24, 2.45) is 0 Å². The predicted octanol–water partition coefficient (Wildman–Crippen LogP) is 4.36. The lowest BCUT2D eigenvalue weighted by Gasteiger charge is -2.25. The van der Waals surface area contributed by atoms with E-state index >= 15 is 0 Å². The van der Waals surface area contributed by atoms with Crippen LogP contribution in [0.1, 0.15) is 18.0 Å². The van der Waals surface area contributed by atoms with Crippen LogP contribution >= 0.6 is 0 Å². The summed E-state index contributed by atoms with van der Waals surface area (Å²) in [6, 6.07) is 13.0. The highest BCUT2D eigenvalue weighted by molar-refractivity contribution is 5.86. The van der Waals surface area contributed by atoms with E-state index in [9.17, 15) is 13.6 Å². The highest BCUT2D eigenvalue weighted by Gasteiger charge is 2.18. The number of alkyl halides is 2. The molecule has 8 nitrogen and oxygen atoms in total. The molecule has 0 bridgehead atoms. The average Bonchev–Trinajstić information content (AvgIpc) is 3.34. The van der Waals surface area contributed by atoms with Crippen LogP contribution in [-0.2, 0) is 11.3 Å². The quantitative estimate of drug-likeness (QED) is 0.369. The van der Waals surface area contributed by atoms with Crippen LogP contribution in [0.2, 0.25) is 0 Å². The first-order valence-electron chi connectivity index (χ1n) is 9.97. The van der Waals surface area contributed by atoms with Gasteiger partial charge in [-0.25, -0.2) is 0 Å². The molecule has 4 rings (SSSR count). The van der Waals surface area contributed by atoms with Gasteiger partial charge >= 0.3 is 6.43 Å². The summed E-state index contributed by atoms with van der Waals surface area (Å²) in [4.78, 5) is 23.9. The zero-order valence-corrected chi connectivity index (χ0v) is 17.9. The fraction of sp³-hybridized carbons (Fsp3) is 0.174. The topological polar surface area (TPSA) is 88.3 Å². The van der Waals surface area contributed by atoms with E-state index in [1.165, 1.54) is 6.20 Å². The Bertz CT molecular complexity index is 1230. The van der Waals surface area contributed by atoms with Crippen molar-refractivity contribution < 1.29 is 18.0 Å². The van der Waals surface area contributed by atoms with Crippen LogP contribution in [-0.4, -0.2) is 40.7 Å². The molecule has 0 aliphatic carbocycles. The van der Waals surface area contributed by atoms with Gasteiger partial charge in [-0.15, -0.1) is 10.2 Å². The molecule has 3 heterocycles. The van der Waals surface area contributed by atoms with Crippen LogP contribution in [0.25, 0.3) is 22.6 Å². The van der Waals surface area contributed by atoms with Crippen LogP contribution in [0.5, 0.6) is 0 Å². The average molecular weight is 450 g/mol. The van der Waals surface area contributed by atoms with E-state index < -0.39 is 12.3 Å². The number of amides is 1. The monoisotopic (exact) mass is 450 g/mol. The minimum Gasteiger partial charge on any atom is -0.415 e. The fourth-order valence-electron chi connectivity index (χ4n) is 3.28. The molecular weight excluding hydrogens is 430 g/mol. The van der Waals surface area contributed by atoms with E-state index in [2.05, 4.69) is 20.2 Å². The van der Waals surface area contributed by atoms with Gasteiger partial charge in [0.2, 0.25) is 12.3 Å². The lowest BCUT2D eigenvalue weighted by Crippen LogP contribution is -2.24. The van der Waals surface area contributed by atoms with Gasteiger partial charge in [-0.1, -0.05) is 12.1 Å². The van der Waals surface area contributed by atoms with Crippen LogP contribution in [0.4, 0.5) is 20.2 Å². The van der Waals surface area contributed by atoms with Crippen molar-refractivity contribution in [2.75, 3.05) is 23.9 Å². The summed E-state index contributed by atoms with van der Waals surface area (Å²) in [5.74, 6) is -0.787. The maximum atomic E-state index is 12.7. The predicted molar refractivity (Wildman–Crippen MR) is 119 cm³/mol. The van der Waals surface area contributed by atoms with Crippen molar-refractivity contribution in [3.63, 3.8) is 0 Å². The van der Waals surface area contributed by atoms with E-state index in [-0.39, 0.29) is 12.4 Å². The maximum absolute atomic E-state index is 12.7. The van der Waals surface area contributed by atoms with E-state index in [0.29, 0.717) is 16.9 Å². The van der Waals surface area contributed by atoms with Gasteiger partial charge in [0.1, 0.15) is 0 Å². The van der Waals surface area contributed by atoms with Crippen LogP contribution < -0.4 is 9.80 Å². The third kappa shape index (κ3) is 4.84. The summed E-state index contributed by atoms with van der Waals surface area (Å²) in [6.45, 7) is 0.211. The number of pyridine rings is 2. The number of halogens is 2. The Morgan fingerprint density at radius 1 is 1.00 bits per heavy atom. The molecule has 168 valence electrons. The minimum absolute atomic E-state index is 0.0440. The normalized spacial score (nSPS) is 10.9. The number of aromatic nitrogens is 4. The summed E-state index contributed by atoms with van der Waals surface area (Å²) in [5, 5.41) is 6.93. The molecular formula is C23H20F2N6O2. The van der Waals surface area contributed by atoms with Crippen molar-refractivity contribution in [3.8, 4) is 22.6 Å². The third-order valence-corrected chi connectivity index (χ3v) is 4.92. The Hall–Kier alpha value is -4.21. The zero-order chi connectivity index (χ0) is 23.4. The Labute approximate surface area is 188 Å². The first-order valence-corrected chi connectivity index (χ1v) is 9.97. The highest BCUT2D eigenvalue weighted by atomic mass is 19.3. The first-order chi connectivity index (χ1) is 16.0. The molecule has 0 saturated heterocycles. The molecule has 0 saturated carbocycles. The molecule has 3 aromatic heterocycles. The number of hydrogen-bond acceptors (Lipinski definition) is 7. The van der Waals surface area contributed by atoms with Gasteiger partial charge in [0.15, 0.2) is 0 Å². The summed E-state index contributed by atoms with van der Waals surface area (Å²) >= 11 is 0. The van der Waals surface area contributed by atoms with E-state index in [4.69, 9.17) is 4.42 Å². The Balaban J connectivity index is 1.58. The van der Waals surface area contributed by atoms with Gasteiger partial charge in [-0.3, -0.25) is 14.8 Å². The van der Waals surface area contributed by atoms with Crippen LogP contribution in [0.3, 0.4) is 0 Å². The molecule has 1 aromatic carbocycles. The van der Waals surface area contributed by atoms with Gasteiger partial charge in [-0.2, -0.15) is 8.78 Å². The standard InChI is InChI=1S/C23H20F2N6O2/c1-30(2)20-10-15(16-4-3-9-26-11-16)6-8-19(20)31(14-32)13-18-7-5-17(12-27-18)22-28-29-23(33-22)21(24)25/h3-12,14,21H,13H2,1-2H3. The molecule has 10 heteroatoms. The van der Waals surface area contributed by atoms with Gasteiger partial charge < -0.3 is 14.2 Å². The van der Waals surface area contributed by atoms with Crippen LogP contribution in [0.15, 0.2) is 65.5 Å². The summed E-state index contributed by atoms with van der Waals surface area (Å²) < 4.78 is 30.3. The number of carbonyl (C=O) groups excluding carboxylic acids is 1. The first kappa shape index (κ1) is 22.0. The molecule has 0 radical (unpaired) electrons. The van der Waals surface area contributed by atoms with Gasteiger partial charge in [0, 0.05) is 38.2 Å². The second-order valence-electron chi connectivity index (χ2n) is 7.36. The Morgan fingerprint density at radius 2 is 1.82 bits per heavy atom. The van der Waals surface area contributed by atoms with Gasteiger partial charge in [-0.05, 0) is 35.9 Å². The number of rotatable bonds is 8. The maximum Gasteiger partial charge on any atom is 0.314 e. The largest absolute Gasteiger partial charge is 0.415 e. The number of nitrogens with zero attached hydrogens (tertiary/aromatic N) is 6. The molecule has 33 heavy (non-hydrogen) atoms. The summed E-state index contributed by atoms with van der Waals surface area (Å²) in [5.41, 5.74) is 4.52. The van der Waals surface area contributed by atoms with E-state index in [0.717, 1.165) is 23.2 Å². The second kappa shape index (κ2) is 9.51. The van der Waals surface area contributed by atoms with Crippen molar-refractivity contribution in [2.45, 2.75) is 13.0 Å².